The molecule has 0 rings (SSSR count). The van der Waals surface area contributed by atoms with E-state index in [0.717, 1.165) is 0 Å². The summed E-state index contributed by atoms with van der Waals surface area (Å²) < 4.78 is 0. The van der Waals surface area contributed by atoms with Gasteiger partial charge in [0.2, 0.25) is 0 Å². The number of hydrogen-bond donors (Lipinski definition) is 0. The van der Waals surface area contributed by atoms with Gasteiger partial charge in [0, 0.05) is 0 Å². The highest BCUT2D eigenvalue weighted by molar-refractivity contribution is 6.75. The lowest BCUT2D eigenvalue weighted by molar-refractivity contribution is 0.886. The summed E-state index contributed by atoms with van der Waals surface area (Å²) in [6.07, 6.45) is 2.64. The molecule has 0 aromatic heterocycles. The predicted molar refractivity (Wildman–Crippen MR) is 37.7 cm³/mol. The standard InChI is InChI=1S/C4H10.B2H4/c1-3-4-2;1-2/h3-4H2,1-2H3;1-2H2. The maximum Gasteiger partial charge on any atom is 0.0643 e. The molecule has 0 bridgehead atoms. The van der Waals surface area contributed by atoms with E-state index < -0.39 is 0 Å². The summed E-state index contributed by atoms with van der Waals surface area (Å²) in [6, 6.07) is 0. The summed E-state index contributed by atoms with van der Waals surface area (Å²) in [6.45, 7) is 4.36. The van der Waals surface area contributed by atoms with Crippen LogP contribution in [0.25, 0.3) is 0 Å². The van der Waals surface area contributed by atoms with Crippen molar-refractivity contribution in [2.45, 2.75) is 26.7 Å². The van der Waals surface area contributed by atoms with E-state index in [1.54, 1.807) is 0 Å². The normalized spacial score (nSPS) is 5.67. The number of unbranched alkanes of at least 4 members (excludes halogenated alkanes) is 1. The van der Waals surface area contributed by atoms with E-state index in [4.69, 9.17) is 0 Å². The summed E-state index contributed by atoms with van der Waals surface area (Å²) in [5, 5.41) is 0. The largest absolute Gasteiger partial charge is 0.0654 e. The third-order valence-corrected chi connectivity index (χ3v) is 0.500. The maximum atomic E-state index is 2.18. The lowest BCUT2D eigenvalue weighted by Crippen LogP contribution is -1.47. The fraction of sp³-hybridized carbons (Fsp3) is 1.00. The number of rotatable bonds is 1. The van der Waals surface area contributed by atoms with Crippen molar-refractivity contribution in [3.63, 3.8) is 0 Å². The van der Waals surface area contributed by atoms with E-state index in [0.29, 0.717) is 0 Å². The van der Waals surface area contributed by atoms with Crippen molar-refractivity contribution < 1.29 is 0 Å². The smallest absolute Gasteiger partial charge is 0.0643 e. The second kappa shape index (κ2) is 19.3. The van der Waals surface area contributed by atoms with E-state index in [1.165, 1.54) is 12.8 Å². The van der Waals surface area contributed by atoms with E-state index in [1.807, 2.05) is 15.5 Å². The average Bonchev–Trinajstić information content (AvgIpc) is 1.72. The molecule has 0 aliphatic carbocycles. The quantitative estimate of drug-likeness (QED) is 0.391. The molecule has 0 N–H and O–H groups in total. The van der Waals surface area contributed by atoms with Gasteiger partial charge in [0.1, 0.15) is 0 Å². The van der Waals surface area contributed by atoms with Gasteiger partial charge in [0.05, 0.1) is 15.5 Å². The Morgan fingerprint density at radius 1 is 1.00 bits per heavy atom. The van der Waals surface area contributed by atoms with Crippen molar-refractivity contribution in [2.24, 2.45) is 0 Å². The predicted octanol–water partition coefficient (Wildman–Crippen LogP) is -0.0260. The van der Waals surface area contributed by atoms with Crippen LogP contribution in [0.3, 0.4) is 0 Å². The van der Waals surface area contributed by atoms with Crippen LogP contribution in [0, 0.1) is 0 Å². The molecule has 0 amide bonds. The van der Waals surface area contributed by atoms with Crippen molar-refractivity contribution in [1.29, 1.82) is 0 Å². The Morgan fingerprint density at radius 3 is 1.17 bits per heavy atom. The highest BCUT2D eigenvalue weighted by Gasteiger charge is 1.56. The van der Waals surface area contributed by atoms with Crippen LogP contribution < -0.4 is 0 Å². The highest BCUT2D eigenvalue weighted by Crippen LogP contribution is 1.76. The Bertz CT molecular complexity index is 7.51. The molecule has 0 unspecified atom stereocenters. The zero-order valence-electron chi connectivity index (χ0n) is 5.41. The van der Waals surface area contributed by atoms with Crippen molar-refractivity contribution in [2.75, 3.05) is 0 Å². The molecular formula is C4H14B2. The Labute approximate surface area is 43.1 Å². The molecule has 0 radical (unpaired) electrons. The second-order valence-corrected chi connectivity index (χ2v) is 1.000. The molecule has 0 fully saturated rings. The third-order valence-electron chi connectivity index (χ3n) is 0.500. The van der Waals surface area contributed by atoms with Gasteiger partial charge in [-0.25, -0.2) is 0 Å². The monoisotopic (exact) mass is 84.1 g/mol. The first-order chi connectivity index (χ1) is 2.91. The zero-order valence-corrected chi connectivity index (χ0v) is 5.41. The minimum Gasteiger partial charge on any atom is -0.0654 e. The van der Waals surface area contributed by atoms with Crippen LogP contribution in [-0.2, 0) is 0 Å². The molecule has 36 valence electrons. The summed E-state index contributed by atoms with van der Waals surface area (Å²) in [5.41, 5.74) is 0. The van der Waals surface area contributed by atoms with E-state index >= 15 is 0 Å². The lowest BCUT2D eigenvalue weighted by atomic mass is 9.81. The number of hydrogen-bond acceptors (Lipinski definition) is 0. The van der Waals surface area contributed by atoms with Crippen molar-refractivity contribution in [1.82, 2.24) is 0 Å². The van der Waals surface area contributed by atoms with Gasteiger partial charge < -0.3 is 0 Å². The topological polar surface area (TPSA) is 0 Å². The molecular weight excluding hydrogens is 69.7 g/mol. The molecule has 0 spiro atoms. The van der Waals surface area contributed by atoms with Crippen molar-refractivity contribution in [3.8, 4) is 0 Å². The molecule has 0 nitrogen and oxygen atoms in total. The molecule has 0 saturated heterocycles. The van der Waals surface area contributed by atoms with Crippen molar-refractivity contribution >= 4 is 15.5 Å². The Balaban J connectivity index is 0. The van der Waals surface area contributed by atoms with Gasteiger partial charge in [-0.1, -0.05) is 26.7 Å². The molecule has 6 heavy (non-hydrogen) atoms. The van der Waals surface area contributed by atoms with Crippen LogP contribution in [0.1, 0.15) is 26.7 Å². The van der Waals surface area contributed by atoms with E-state index in [9.17, 15) is 0 Å². The Kier molecular flexibility index (Phi) is 30.4. The first-order valence-corrected chi connectivity index (χ1v) is 2.91. The third kappa shape index (κ3) is 31.7. The highest BCUT2D eigenvalue weighted by atomic mass is 13.6. The minimum absolute atomic E-state index is 1.32. The van der Waals surface area contributed by atoms with Gasteiger partial charge in [-0.15, -0.1) is 0 Å². The first kappa shape index (κ1) is 9.46. The van der Waals surface area contributed by atoms with Crippen LogP contribution in [0.5, 0.6) is 0 Å². The average molecular weight is 83.8 g/mol. The lowest BCUT2D eigenvalue weighted by Gasteiger charge is -1.68. The van der Waals surface area contributed by atoms with E-state index in [-0.39, 0.29) is 0 Å². The van der Waals surface area contributed by atoms with Gasteiger partial charge in [-0.2, -0.15) is 0 Å². The van der Waals surface area contributed by atoms with Gasteiger partial charge in [0.15, 0.2) is 0 Å². The summed E-state index contributed by atoms with van der Waals surface area (Å²) in [7, 11) is 4.00. The van der Waals surface area contributed by atoms with Gasteiger partial charge in [-0.05, 0) is 0 Å². The van der Waals surface area contributed by atoms with Crippen LogP contribution in [-0.4, -0.2) is 15.5 Å². The summed E-state index contributed by atoms with van der Waals surface area (Å²) >= 11 is 0. The van der Waals surface area contributed by atoms with Crippen LogP contribution in [0.2, 0.25) is 0 Å². The Hall–Kier alpha value is 0.130. The van der Waals surface area contributed by atoms with Crippen LogP contribution in [0.4, 0.5) is 0 Å². The zero-order chi connectivity index (χ0) is 5.41. The van der Waals surface area contributed by atoms with Gasteiger partial charge in [0.25, 0.3) is 0 Å². The molecule has 0 atom stereocenters. The van der Waals surface area contributed by atoms with Gasteiger partial charge in [-0.3, -0.25) is 0 Å². The Morgan fingerprint density at radius 2 is 1.17 bits per heavy atom. The summed E-state index contributed by atoms with van der Waals surface area (Å²) in [5.74, 6) is 0. The summed E-state index contributed by atoms with van der Waals surface area (Å²) in [4.78, 5) is 0. The van der Waals surface area contributed by atoms with Crippen LogP contribution >= 0.6 is 0 Å². The molecule has 0 aliphatic rings. The van der Waals surface area contributed by atoms with Gasteiger partial charge >= 0.3 is 0 Å². The molecule has 0 saturated carbocycles. The first-order valence-electron chi connectivity index (χ1n) is 2.91. The minimum atomic E-state index is 1.32. The maximum absolute atomic E-state index is 2.18. The second-order valence-electron chi connectivity index (χ2n) is 1.000. The molecule has 0 heterocycles. The fourth-order valence-electron chi connectivity index (χ4n) is 0. The molecule has 0 aliphatic heterocycles. The fourth-order valence-corrected chi connectivity index (χ4v) is 0. The molecule has 0 aromatic rings. The molecule has 2 heteroatoms. The SMILES string of the molecule is BB.CCCC. The van der Waals surface area contributed by atoms with Crippen LogP contribution in [0.15, 0.2) is 0 Å². The van der Waals surface area contributed by atoms with E-state index in [2.05, 4.69) is 13.8 Å². The van der Waals surface area contributed by atoms with Crippen molar-refractivity contribution in [3.05, 3.63) is 0 Å². The molecule has 0 aromatic carbocycles.